The van der Waals surface area contributed by atoms with Crippen molar-refractivity contribution in [2.45, 2.75) is 230 Å². The van der Waals surface area contributed by atoms with Crippen molar-refractivity contribution in [2.24, 2.45) is 0 Å². The molecule has 3 nitrogen and oxygen atoms in total. The lowest BCUT2D eigenvalue weighted by molar-refractivity contribution is 0.195. The van der Waals surface area contributed by atoms with Crippen LogP contribution in [-0.2, 0) is 32.5 Å². The van der Waals surface area contributed by atoms with Crippen molar-refractivity contribution < 1.29 is 0 Å². The minimum Gasteiger partial charge on any atom is -0.334 e. The summed E-state index contributed by atoms with van der Waals surface area (Å²) in [5, 5.41) is 8.07. The van der Waals surface area contributed by atoms with Gasteiger partial charge >= 0.3 is 0 Å². The fraction of sp³-hybridized carbons (Fsp3) is 0.409. The molecule has 0 amide bonds. The van der Waals surface area contributed by atoms with Gasteiger partial charge in [0.05, 0.1) is 16.6 Å². The number of hydrogen-bond acceptors (Lipinski definition) is 3. The first-order valence-corrected chi connectivity index (χ1v) is 35.1. The molecule has 0 aromatic heterocycles. The summed E-state index contributed by atoms with van der Waals surface area (Å²) in [5.74, 6) is 0. The van der Waals surface area contributed by atoms with Crippen LogP contribution < -0.4 is 14.7 Å². The van der Waals surface area contributed by atoms with Gasteiger partial charge in [-0.15, -0.1) is 0 Å². The second-order valence-electron chi connectivity index (χ2n) is 33.9. The molecular formula is C88H97N3. The predicted molar refractivity (Wildman–Crippen MR) is 391 cm³/mol. The Morgan fingerprint density at radius 3 is 0.923 bits per heavy atom. The van der Waals surface area contributed by atoms with Gasteiger partial charge in [0, 0.05) is 50.4 Å². The third-order valence-corrected chi connectivity index (χ3v) is 26.0. The van der Waals surface area contributed by atoms with Gasteiger partial charge in [0.2, 0.25) is 0 Å². The molecule has 6 atom stereocenters. The fourth-order valence-electron chi connectivity index (χ4n) is 19.9. The van der Waals surface area contributed by atoms with E-state index in [0.717, 1.165) is 0 Å². The van der Waals surface area contributed by atoms with Gasteiger partial charge in [0.1, 0.15) is 0 Å². The van der Waals surface area contributed by atoms with Crippen LogP contribution in [0.1, 0.15) is 214 Å². The highest BCUT2D eigenvalue weighted by atomic mass is 15.3. The lowest BCUT2D eigenvalue weighted by atomic mass is 9.61. The maximum atomic E-state index is 2.76. The summed E-state index contributed by atoms with van der Waals surface area (Å²) in [6, 6.07) is 69.2. The highest BCUT2D eigenvalue weighted by Crippen LogP contribution is 2.65. The molecule has 0 N–H and O–H groups in total. The van der Waals surface area contributed by atoms with Gasteiger partial charge in [-0.25, -0.2) is 0 Å². The van der Waals surface area contributed by atoms with Crippen LogP contribution in [0.15, 0.2) is 170 Å². The molecule has 10 aromatic carbocycles. The van der Waals surface area contributed by atoms with Crippen molar-refractivity contribution in [3.05, 3.63) is 203 Å². The second kappa shape index (κ2) is 19.6. The van der Waals surface area contributed by atoms with Gasteiger partial charge < -0.3 is 14.7 Å². The van der Waals surface area contributed by atoms with E-state index in [2.05, 4.69) is 288 Å². The van der Waals surface area contributed by atoms with Gasteiger partial charge in [0.15, 0.2) is 0 Å². The molecule has 16 rings (SSSR count). The van der Waals surface area contributed by atoms with E-state index in [4.69, 9.17) is 0 Å². The van der Waals surface area contributed by atoms with Crippen molar-refractivity contribution in [3.8, 4) is 33.4 Å². The van der Waals surface area contributed by atoms with Gasteiger partial charge in [0.25, 0.3) is 0 Å². The maximum absolute atomic E-state index is 2.76. The zero-order chi connectivity index (χ0) is 63.4. The van der Waals surface area contributed by atoms with E-state index in [9.17, 15) is 0 Å². The lowest BCUT2D eigenvalue weighted by Crippen LogP contribution is -2.54. The van der Waals surface area contributed by atoms with Crippen LogP contribution in [0.25, 0.3) is 65.7 Å². The van der Waals surface area contributed by atoms with Crippen LogP contribution in [0.5, 0.6) is 0 Å². The van der Waals surface area contributed by atoms with Crippen LogP contribution in [0.4, 0.5) is 34.1 Å². The first-order chi connectivity index (χ1) is 43.2. The van der Waals surface area contributed by atoms with Gasteiger partial charge in [-0.3, -0.25) is 0 Å². The van der Waals surface area contributed by atoms with Gasteiger partial charge in [-0.05, 0) is 253 Å². The maximum Gasteiger partial charge on any atom is 0.0517 e. The summed E-state index contributed by atoms with van der Waals surface area (Å²) in [4.78, 5) is 8.27. The molecule has 3 aliphatic carbocycles. The molecule has 3 aliphatic heterocycles. The van der Waals surface area contributed by atoms with E-state index in [1.54, 1.807) is 0 Å². The van der Waals surface area contributed by atoms with E-state index in [-0.39, 0.29) is 49.1 Å². The Bertz CT molecular complexity index is 4420. The average Bonchev–Trinajstić information content (AvgIpc) is 1.40. The van der Waals surface area contributed by atoms with Crippen molar-refractivity contribution >= 4 is 66.4 Å². The number of fused-ring (bicyclic) bond motifs is 9. The second-order valence-corrected chi connectivity index (χ2v) is 33.9. The minimum atomic E-state index is -0.0586. The Balaban J connectivity index is 0.905. The Hall–Kier alpha value is -7.36. The fourth-order valence-corrected chi connectivity index (χ4v) is 19.9. The minimum absolute atomic E-state index is 0.00130. The van der Waals surface area contributed by atoms with E-state index in [1.165, 1.54) is 210 Å². The molecule has 0 radical (unpaired) electrons. The number of benzene rings is 10. The van der Waals surface area contributed by atoms with E-state index in [0.29, 0.717) is 0 Å². The number of anilines is 6. The van der Waals surface area contributed by atoms with Gasteiger partial charge in [-0.2, -0.15) is 0 Å². The van der Waals surface area contributed by atoms with E-state index >= 15 is 0 Å². The van der Waals surface area contributed by atoms with E-state index in [1.807, 2.05) is 0 Å². The molecule has 0 saturated heterocycles. The van der Waals surface area contributed by atoms with Crippen LogP contribution in [-0.4, -0.2) is 16.6 Å². The smallest absolute Gasteiger partial charge is 0.0517 e. The summed E-state index contributed by atoms with van der Waals surface area (Å²) in [7, 11) is 0. The Labute approximate surface area is 544 Å². The van der Waals surface area contributed by atoms with Crippen molar-refractivity contribution in [1.82, 2.24) is 0 Å². The number of rotatable bonds is 6. The quantitative estimate of drug-likeness (QED) is 0.154. The van der Waals surface area contributed by atoms with Crippen molar-refractivity contribution in [1.29, 1.82) is 0 Å². The third kappa shape index (κ3) is 8.16. The standard InChI is InChI=1S/C88H97N3/c1-80(2,3)60-27-33-63(34-28-60)89-75-43-24-57(52-72(75)83(10)46-16-19-49-86(83,89)13)66-39-22-56-23-40-68-70(58-25-44-76-73(53-58)84(11)47-17-20-50-87(84,14)90(76)64-35-29-61(30-36-64)81(4,5)6)55-71(69-42-41-67(66)78(56)79(68)69)59-26-45-77-74(54-59)85(12)48-18-21-51-88(85,15)91(77)65-37-31-62(32-38-65)82(7,8)9/h22-45,52-55H,16-21,46-51H2,1-15H3. The van der Waals surface area contributed by atoms with E-state index < -0.39 is 0 Å². The molecule has 3 saturated carbocycles. The van der Waals surface area contributed by atoms with Crippen LogP contribution in [0.2, 0.25) is 0 Å². The zero-order valence-corrected chi connectivity index (χ0v) is 57.5. The molecule has 464 valence electrons. The van der Waals surface area contributed by atoms with Gasteiger partial charge in [-0.1, -0.05) is 213 Å². The van der Waals surface area contributed by atoms with Crippen LogP contribution in [0.3, 0.4) is 0 Å². The third-order valence-electron chi connectivity index (χ3n) is 26.0. The monoisotopic (exact) mass is 1200 g/mol. The summed E-state index contributed by atoms with van der Waals surface area (Å²) >= 11 is 0. The zero-order valence-electron chi connectivity index (χ0n) is 57.5. The van der Waals surface area contributed by atoms with Crippen molar-refractivity contribution in [2.75, 3.05) is 14.7 Å². The molecule has 6 unspecified atom stereocenters. The molecule has 0 spiro atoms. The highest BCUT2D eigenvalue weighted by Gasteiger charge is 2.60. The Morgan fingerprint density at radius 1 is 0.286 bits per heavy atom. The summed E-state index contributed by atoms with van der Waals surface area (Å²) in [5.41, 5.74) is 24.7. The molecule has 3 fully saturated rings. The molecule has 3 heterocycles. The first-order valence-electron chi connectivity index (χ1n) is 35.1. The molecular weight excluding hydrogens is 1100 g/mol. The SMILES string of the molecule is CC(C)(C)c1ccc(N2c3ccc(-c4ccc5ccc6c(-c7ccc8c(c7)C7(C)CCCCC7(C)N8c7ccc(C(C)(C)C)cc7)cc(-c7ccc8c(c7)C7(C)CCCCC7(C)N8c7ccc(C(C)(C)C)cc7)c7ccc4c5c67)cc3C3(C)CCCCC23C)cc1. The normalized spacial score (nSPS) is 26.3. The summed E-state index contributed by atoms with van der Waals surface area (Å²) in [6.45, 7) is 36.5. The summed E-state index contributed by atoms with van der Waals surface area (Å²) in [6.07, 6.45) is 14.6. The molecule has 3 heteroatoms. The number of nitrogens with zero attached hydrogens (tertiary/aromatic N) is 3. The largest absolute Gasteiger partial charge is 0.334 e. The highest BCUT2D eigenvalue weighted by molar-refractivity contribution is 6.30. The summed E-state index contributed by atoms with van der Waals surface area (Å²) < 4.78 is 0. The molecule has 6 aliphatic rings. The van der Waals surface area contributed by atoms with Crippen LogP contribution >= 0.6 is 0 Å². The first kappa shape index (κ1) is 58.7. The van der Waals surface area contributed by atoms with Crippen LogP contribution in [0, 0.1) is 0 Å². The number of hydrogen-bond donors (Lipinski definition) is 0. The Kier molecular flexibility index (Phi) is 12.6. The molecule has 0 bridgehead atoms. The topological polar surface area (TPSA) is 9.72 Å². The van der Waals surface area contributed by atoms with Crippen molar-refractivity contribution in [3.63, 3.8) is 0 Å². The predicted octanol–water partition coefficient (Wildman–Crippen LogP) is 24.7. The Morgan fingerprint density at radius 2 is 0.582 bits per heavy atom. The molecule has 10 aromatic rings. The average molecular weight is 1200 g/mol. The molecule has 91 heavy (non-hydrogen) atoms. The lowest BCUT2D eigenvalue weighted by Gasteiger charge is -2.50.